The van der Waals surface area contributed by atoms with Crippen LogP contribution in [0.2, 0.25) is 0 Å². The molecule has 1 heterocycles. The number of aromatic nitrogens is 3. The van der Waals surface area contributed by atoms with Crippen LogP contribution in [-0.4, -0.2) is 34.3 Å². The molecule has 0 saturated heterocycles. The molecule has 0 saturated carbocycles. The number of methoxy groups -OCH3 is 1. The summed E-state index contributed by atoms with van der Waals surface area (Å²) in [5.41, 5.74) is 0.917. The lowest BCUT2D eigenvalue weighted by Crippen LogP contribution is -2.28. The zero-order valence-electron chi connectivity index (χ0n) is 13.6. The van der Waals surface area contributed by atoms with Crippen LogP contribution >= 0.6 is 12.2 Å². The molecular formula is C16H22N4O2S. The molecule has 1 aromatic carbocycles. The summed E-state index contributed by atoms with van der Waals surface area (Å²) in [7, 11) is 1.63. The second-order valence-electron chi connectivity index (χ2n) is 5.68. The van der Waals surface area contributed by atoms with Crippen LogP contribution in [0.5, 0.6) is 5.75 Å². The van der Waals surface area contributed by atoms with E-state index in [1.54, 1.807) is 7.11 Å². The van der Waals surface area contributed by atoms with E-state index in [0.717, 1.165) is 11.3 Å². The minimum atomic E-state index is 0.0162. The summed E-state index contributed by atoms with van der Waals surface area (Å²) < 4.78 is 7.50. The summed E-state index contributed by atoms with van der Waals surface area (Å²) in [5.74, 6) is 1.95. The van der Waals surface area contributed by atoms with Crippen LogP contribution in [0, 0.1) is 10.7 Å². The number of ether oxygens (including phenoxy) is 1. The van der Waals surface area contributed by atoms with Crippen LogP contribution in [0.4, 0.5) is 0 Å². The average Bonchev–Trinajstić information content (AvgIpc) is 2.92. The fourth-order valence-electron chi connectivity index (χ4n) is 2.11. The number of H-pyrrole nitrogens is 1. The van der Waals surface area contributed by atoms with Crippen molar-refractivity contribution in [3.05, 3.63) is 29.0 Å². The van der Waals surface area contributed by atoms with Gasteiger partial charge in [0.2, 0.25) is 5.91 Å². The highest BCUT2D eigenvalue weighted by Crippen LogP contribution is 2.21. The quantitative estimate of drug-likeness (QED) is 0.764. The standard InChI is InChI=1S/C16H22N4O2S/c1-11(2)10-17-14(21)8-9-20-15(18-19-16(20)23)12-4-6-13(22-3)7-5-12/h4-7,11H,8-10H2,1-3H3,(H,17,21)(H,19,23). The van der Waals surface area contributed by atoms with Gasteiger partial charge >= 0.3 is 0 Å². The van der Waals surface area contributed by atoms with Gasteiger partial charge < -0.3 is 10.1 Å². The average molecular weight is 334 g/mol. The van der Waals surface area contributed by atoms with Crippen LogP contribution in [0.15, 0.2) is 24.3 Å². The highest BCUT2D eigenvalue weighted by atomic mass is 32.1. The van der Waals surface area contributed by atoms with Crippen LogP contribution in [0.3, 0.4) is 0 Å². The minimum Gasteiger partial charge on any atom is -0.497 e. The van der Waals surface area contributed by atoms with Crippen LogP contribution < -0.4 is 10.1 Å². The molecule has 0 unspecified atom stereocenters. The second kappa shape index (κ2) is 7.92. The maximum atomic E-state index is 11.9. The molecule has 0 aliphatic carbocycles. The first-order valence-electron chi connectivity index (χ1n) is 7.57. The monoisotopic (exact) mass is 334 g/mol. The lowest BCUT2D eigenvalue weighted by Gasteiger charge is -2.09. The molecule has 124 valence electrons. The Kier molecular flexibility index (Phi) is 5.92. The third kappa shape index (κ3) is 4.66. The van der Waals surface area contributed by atoms with Crippen LogP contribution in [0.1, 0.15) is 20.3 Å². The van der Waals surface area contributed by atoms with Gasteiger partial charge in [-0.25, -0.2) is 0 Å². The van der Waals surface area contributed by atoms with Gasteiger partial charge in [0, 0.05) is 25.1 Å². The van der Waals surface area contributed by atoms with Crippen molar-refractivity contribution in [2.45, 2.75) is 26.8 Å². The molecule has 2 rings (SSSR count). The topological polar surface area (TPSA) is 71.9 Å². The normalized spacial score (nSPS) is 10.8. The number of hydrogen-bond donors (Lipinski definition) is 2. The van der Waals surface area contributed by atoms with E-state index in [0.29, 0.717) is 36.0 Å². The minimum absolute atomic E-state index is 0.0162. The Bertz CT molecular complexity index is 704. The molecule has 0 bridgehead atoms. The van der Waals surface area contributed by atoms with Crippen molar-refractivity contribution in [3.63, 3.8) is 0 Å². The number of amides is 1. The Morgan fingerprint density at radius 2 is 2.09 bits per heavy atom. The first-order chi connectivity index (χ1) is 11.0. The molecule has 0 spiro atoms. The van der Waals surface area contributed by atoms with E-state index in [2.05, 4.69) is 29.4 Å². The van der Waals surface area contributed by atoms with Gasteiger partial charge in [0.1, 0.15) is 5.75 Å². The maximum absolute atomic E-state index is 11.9. The van der Waals surface area contributed by atoms with Gasteiger partial charge in [-0.05, 0) is 42.4 Å². The number of benzene rings is 1. The molecule has 23 heavy (non-hydrogen) atoms. The summed E-state index contributed by atoms with van der Waals surface area (Å²) in [6, 6.07) is 7.57. The number of nitrogens with one attached hydrogen (secondary N) is 2. The van der Waals surface area contributed by atoms with Gasteiger partial charge in [-0.1, -0.05) is 13.8 Å². The predicted molar refractivity (Wildman–Crippen MR) is 91.9 cm³/mol. The van der Waals surface area contributed by atoms with Crippen molar-refractivity contribution in [2.24, 2.45) is 5.92 Å². The summed E-state index contributed by atoms with van der Waals surface area (Å²) >= 11 is 5.27. The number of aromatic amines is 1. The molecule has 2 aromatic rings. The first-order valence-corrected chi connectivity index (χ1v) is 7.98. The Balaban J connectivity index is 2.09. The van der Waals surface area contributed by atoms with Crippen molar-refractivity contribution < 1.29 is 9.53 Å². The summed E-state index contributed by atoms with van der Waals surface area (Å²) in [5, 5.41) is 9.96. The third-order valence-corrected chi connectivity index (χ3v) is 3.69. The fourth-order valence-corrected chi connectivity index (χ4v) is 2.33. The summed E-state index contributed by atoms with van der Waals surface area (Å²) in [4.78, 5) is 11.9. The number of rotatable bonds is 7. The van der Waals surface area contributed by atoms with E-state index in [1.807, 2.05) is 28.8 Å². The molecule has 0 radical (unpaired) electrons. The Labute approximate surface area is 140 Å². The van der Waals surface area contributed by atoms with Gasteiger partial charge in [0.15, 0.2) is 10.6 Å². The van der Waals surface area contributed by atoms with Crippen molar-refractivity contribution in [3.8, 4) is 17.1 Å². The number of carbonyl (C=O) groups excluding carboxylic acids is 1. The Morgan fingerprint density at radius 3 is 2.70 bits per heavy atom. The van der Waals surface area contributed by atoms with E-state index in [9.17, 15) is 4.79 Å². The zero-order chi connectivity index (χ0) is 16.8. The second-order valence-corrected chi connectivity index (χ2v) is 6.07. The van der Waals surface area contributed by atoms with Gasteiger partial charge in [0.05, 0.1) is 7.11 Å². The Hall–Kier alpha value is -2.15. The molecular weight excluding hydrogens is 312 g/mol. The molecule has 0 fully saturated rings. The number of hydrogen-bond acceptors (Lipinski definition) is 4. The van der Waals surface area contributed by atoms with Crippen molar-refractivity contribution in [2.75, 3.05) is 13.7 Å². The smallest absolute Gasteiger partial charge is 0.221 e. The highest BCUT2D eigenvalue weighted by molar-refractivity contribution is 7.71. The summed E-state index contributed by atoms with van der Waals surface area (Å²) in [6.45, 7) is 5.30. The van der Waals surface area contributed by atoms with Gasteiger partial charge in [-0.2, -0.15) is 5.10 Å². The fraction of sp³-hybridized carbons (Fsp3) is 0.438. The summed E-state index contributed by atoms with van der Waals surface area (Å²) in [6.07, 6.45) is 0.365. The van der Waals surface area contributed by atoms with Gasteiger partial charge in [-0.3, -0.25) is 14.5 Å². The van der Waals surface area contributed by atoms with Crippen molar-refractivity contribution in [1.82, 2.24) is 20.1 Å². The molecule has 1 amide bonds. The van der Waals surface area contributed by atoms with E-state index >= 15 is 0 Å². The molecule has 0 aliphatic rings. The molecule has 7 heteroatoms. The van der Waals surface area contributed by atoms with Crippen LogP contribution in [0.25, 0.3) is 11.4 Å². The molecule has 1 aromatic heterocycles. The van der Waals surface area contributed by atoms with Gasteiger partial charge in [-0.15, -0.1) is 0 Å². The Morgan fingerprint density at radius 1 is 1.39 bits per heavy atom. The SMILES string of the molecule is COc1ccc(-c2n[nH]c(=S)n2CCC(=O)NCC(C)C)cc1. The molecule has 6 nitrogen and oxygen atoms in total. The lowest BCUT2D eigenvalue weighted by molar-refractivity contribution is -0.121. The molecule has 2 N–H and O–H groups in total. The largest absolute Gasteiger partial charge is 0.497 e. The molecule has 0 aliphatic heterocycles. The number of carbonyl (C=O) groups is 1. The van der Waals surface area contributed by atoms with E-state index in [1.165, 1.54) is 0 Å². The van der Waals surface area contributed by atoms with E-state index in [4.69, 9.17) is 17.0 Å². The van der Waals surface area contributed by atoms with E-state index < -0.39 is 0 Å². The highest BCUT2D eigenvalue weighted by Gasteiger charge is 2.11. The lowest BCUT2D eigenvalue weighted by atomic mass is 10.2. The van der Waals surface area contributed by atoms with E-state index in [-0.39, 0.29) is 5.91 Å². The third-order valence-electron chi connectivity index (χ3n) is 3.38. The van der Waals surface area contributed by atoms with Gasteiger partial charge in [0.25, 0.3) is 0 Å². The predicted octanol–water partition coefficient (Wildman–Crippen LogP) is 2.78. The number of nitrogens with zero attached hydrogens (tertiary/aromatic N) is 2. The van der Waals surface area contributed by atoms with Crippen LogP contribution in [-0.2, 0) is 11.3 Å². The maximum Gasteiger partial charge on any atom is 0.221 e. The first kappa shape index (κ1) is 17.2. The van der Waals surface area contributed by atoms with Crippen molar-refractivity contribution >= 4 is 18.1 Å². The molecule has 0 atom stereocenters. The van der Waals surface area contributed by atoms with Crippen molar-refractivity contribution in [1.29, 1.82) is 0 Å². The zero-order valence-corrected chi connectivity index (χ0v) is 14.4.